The molecule has 4 N–H and O–H groups in total. The Kier molecular flexibility index (Phi) is 7.84. The lowest BCUT2D eigenvalue weighted by atomic mass is 9.92. The molecule has 150 valence electrons. The number of hydrogen-bond donors (Lipinski definition) is 4. The summed E-state index contributed by atoms with van der Waals surface area (Å²) < 4.78 is 0. The van der Waals surface area contributed by atoms with Gasteiger partial charge in [0, 0.05) is 29.0 Å². The van der Waals surface area contributed by atoms with Crippen LogP contribution in [-0.2, 0) is 4.79 Å². The Morgan fingerprint density at radius 2 is 1.71 bits per heavy atom. The third-order valence-corrected chi connectivity index (χ3v) is 4.78. The van der Waals surface area contributed by atoms with Crippen molar-refractivity contribution in [3.8, 4) is 0 Å². The maximum Gasteiger partial charge on any atom is 0.323 e. The molecule has 2 atom stereocenters. The molecular formula is C21H27ClN4O2. The molecule has 0 spiro atoms. The van der Waals surface area contributed by atoms with Crippen molar-refractivity contribution >= 4 is 41.4 Å². The molecule has 0 bridgehead atoms. The minimum Gasteiger partial charge on any atom is -0.326 e. The van der Waals surface area contributed by atoms with Crippen LogP contribution in [0.5, 0.6) is 0 Å². The summed E-state index contributed by atoms with van der Waals surface area (Å²) in [6, 6.07) is 14.8. The molecule has 0 radical (unpaired) electrons. The number of carbonyl (C=O) groups is 2. The fraction of sp³-hybridized carbons (Fsp3) is 0.333. The first-order valence-corrected chi connectivity index (χ1v) is 9.29. The molecule has 2 aromatic carbocycles. The lowest BCUT2D eigenvalue weighted by Crippen LogP contribution is -2.40. The molecule has 6 nitrogen and oxygen atoms in total. The van der Waals surface area contributed by atoms with Gasteiger partial charge in [-0.3, -0.25) is 4.79 Å². The van der Waals surface area contributed by atoms with E-state index in [-0.39, 0.29) is 30.3 Å². The van der Waals surface area contributed by atoms with Gasteiger partial charge < -0.3 is 21.3 Å². The van der Waals surface area contributed by atoms with Crippen LogP contribution < -0.4 is 21.3 Å². The van der Waals surface area contributed by atoms with Gasteiger partial charge >= 0.3 is 6.03 Å². The monoisotopic (exact) mass is 402 g/mol. The summed E-state index contributed by atoms with van der Waals surface area (Å²) in [5.74, 6) is 0.0518. The molecule has 7 heteroatoms. The zero-order valence-electron chi connectivity index (χ0n) is 16.1. The van der Waals surface area contributed by atoms with E-state index in [9.17, 15) is 9.59 Å². The van der Waals surface area contributed by atoms with E-state index in [1.807, 2.05) is 49.4 Å². The van der Waals surface area contributed by atoms with Crippen LogP contribution in [-0.4, -0.2) is 24.5 Å². The maximum atomic E-state index is 12.6. The molecule has 3 rings (SSSR count). The van der Waals surface area contributed by atoms with Crippen LogP contribution in [0.25, 0.3) is 0 Å². The molecule has 28 heavy (non-hydrogen) atoms. The third kappa shape index (κ3) is 5.97. The number of urea groups is 1. The van der Waals surface area contributed by atoms with E-state index in [0.29, 0.717) is 11.7 Å². The number of aryl methyl sites for hydroxylation is 1. The SMILES string of the molecule is Cc1ccc(NC(=O)Nc2ccccc2)cc1NC(=O)[C@H]1CCN[C@@H](C)C1.Cl. The fourth-order valence-electron chi connectivity index (χ4n) is 3.25. The van der Waals surface area contributed by atoms with E-state index in [2.05, 4.69) is 28.2 Å². The van der Waals surface area contributed by atoms with E-state index in [4.69, 9.17) is 0 Å². The van der Waals surface area contributed by atoms with Crippen LogP contribution in [0.15, 0.2) is 48.5 Å². The first-order chi connectivity index (χ1) is 13.0. The van der Waals surface area contributed by atoms with Crippen LogP contribution >= 0.6 is 12.4 Å². The molecule has 1 heterocycles. The topological polar surface area (TPSA) is 82.3 Å². The Morgan fingerprint density at radius 3 is 2.43 bits per heavy atom. The zero-order valence-corrected chi connectivity index (χ0v) is 16.9. The van der Waals surface area contributed by atoms with Gasteiger partial charge in [0.25, 0.3) is 0 Å². The first kappa shape index (κ1) is 21.7. The zero-order chi connectivity index (χ0) is 19.2. The second-order valence-electron chi connectivity index (χ2n) is 7.04. The number of halogens is 1. The second-order valence-corrected chi connectivity index (χ2v) is 7.04. The average Bonchev–Trinajstić information content (AvgIpc) is 2.65. The number of rotatable bonds is 4. The van der Waals surface area contributed by atoms with Crippen LogP contribution in [0.2, 0.25) is 0 Å². The van der Waals surface area contributed by atoms with E-state index < -0.39 is 0 Å². The second kappa shape index (κ2) is 10.1. The van der Waals surface area contributed by atoms with Crippen molar-refractivity contribution in [3.63, 3.8) is 0 Å². The van der Waals surface area contributed by atoms with Crippen molar-refractivity contribution in [2.45, 2.75) is 32.7 Å². The minimum absolute atomic E-state index is 0. The molecule has 0 saturated carbocycles. The normalized spacial score (nSPS) is 18.5. The number of nitrogens with one attached hydrogen (secondary N) is 4. The molecular weight excluding hydrogens is 376 g/mol. The molecule has 1 saturated heterocycles. The van der Waals surface area contributed by atoms with Gasteiger partial charge in [0.05, 0.1) is 0 Å². The lowest BCUT2D eigenvalue weighted by Gasteiger charge is -2.27. The molecule has 2 aromatic rings. The van der Waals surface area contributed by atoms with E-state index >= 15 is 0 Å². The van der Waals surface area contributed by atoms with Crippen molar-refractivity contribution in [2.24, 2.45) is 5.92 Å². The molecule has 0 unspecified atom stereocenters. The number of piperidine rings is 1. The maximum absolute atomic E-state index is 12.6. The molecule has 0 aromatic heterocycles. The highest BCUT2D eigenvalue weighted by atomic mass is 35.5. The van der Waals surface area contributed by atoms with Crippen LogP contribution in [0.1, 0.15) is 25.3 Å². The van der Waals surface area contributed by atoms with Gasteiger partial charge in [-0.25, -0.2) is 4.79 Å². The van der Waals surface area contributed by atoms with Crippen molar-refractivity contribution < 1.29 is 9.59 Å². The van der Waals surface area contributed by atoms with Crippen molar-refractivity contribution in [2.75, 3.05) is 22.5 Å². The Bertz CT molecular complexity index is 813. The third-order valence-electron chi connectivity index (χ3n) is 4.78. The standard InChI is InChI=1S/C21H26N4O2.ClH/c1-14-8-9-18(24-21(27)23-17-6-4-3-5-7-17)13-19(14)25-20(26)16-10-11-22-15(2)12-16;/h3-9,13,15-16,22H,10-12H2,1-2H3,(H,25,26)(H2,23,24,27);1H/t15-,16-;/m0./s1. The Hall–Kier alpha value is -2.57. The molecule has 1 aliphatic rings. The number of para-hydroxylation sites is 1. The number of hydrogen-bond acceptors (Lipinski definition) is 3. The van der Waals surface area contributed by atoms with Crippen molar-refractivity contribution in [3.05, 3.63) is 54.1 Å². The highest BCUT2D eigenvalue weighted by molar-refractivity contribution is 6.00. The summed E-state index contributed by atoms with van der Waals surface area (Å²) in [6.45, 7) is 4.90. The molecule has 3 amide bonds. The van der Waals surface area contributed by atoms with Crippen LogP contribution in [0.3, 0.4) is 0 Å². The van der Waals surface area contributed by atoms with Gasteiger partial charge in [0.15, 0.2) is 0 Å². The van der Waals surface area contributed by atoms with Gasteiger partial charge in [-0.15, -0.1) is 12.4 Å². The van der Waals surface area contributed by atoms with Gasteiger partial charge in [-0.05, 0) is 63.1 Å². The summed E-state index contributed by atoms with van der Waals surface area (Å²) in [7, 11) is 0. The number of amides is 3. The van der Waals surface area contributed by atoms with Crippen molar-refractivity contribution in [1.82, 2.24) is 5.32 Å². The Balaban J connectivity index is 0.00000280. The number of anilines is 3. The minimum atomic E-state index is -0.325. The number of benzene rings is 2. The largest absolute Gasteiger partial charge is 0.326 e. The van der Waals surface area contributed by atoms with Gasteiger partial charge in [-0.1, -0.05) is 24.3 Å². The average molecular weight is 403 g/mol. The summed E-state index contributed by atoms with van der Waals surface area (Å²) in [5, 5.41) is 12.0. The highest BCUT2D eigenvalue weighted by Crippen LogP contribution is 2.23. The first-order valence-electron chi connectivity index (χ1n) is 9.29. The van der Waals surface area contributed by atoms with E-state index in [1.54, 1.807) is 6.07 Å². The van der Waals surface area contributed by atoms with Gasteiger partial charge in [-0.2, -0.15) is 0 Å². The summed E-state index contributed by atoms with van der Waals surface area (Å²) in [6.07, 6.45) is 1.68. The van der Waals surface area contributed by atoms with E-state index in [0.717, 1.165) is 36.3 Å². The predicted molar refractivity (Wildman–Crippen MR) is 116 cm³/mol. The van der Waals surface area contributed by atoms with Crippen molar-refractivity contribution in [1.29, 1.82) is 0 Å². The van der Waals surface area contributed by atoms with Gasteiger partial charge in [0.1, 0.15) is 0 Å². The summed E-state index contributed by atoms with van der Waals surface area (Å²) in [5.41, 5.74) is 3.03. The molecule has 1 aliphatic heterocycles. The molecule has 0 aliphatic carbocycles. The summed E-state index contributed by atoms with van der Waals surface area (Å²) in [4.78, 5) is 24.8. The fourth-order valence-corrected chi connectivity index (χ4v) is 3.25. The highest BCUT2D eigenvalue weighted by Gasteiger charge is 2.25. The predicted octanol–water partition coefficient (Wildman–Crippen LogP) is 4.39. The molecule has 1 fully saturated rings. The Morgan fingerprint density at radius 1 is 1.00 bits per heavy atom. The Labute approximate surface area is 171 Å². The van der Waals surface area contributed by atoms with Gasteiger partial charge in [0.2, 0.25) is 5.91 Å². The van der Waals surface area contributed by atoms with Crippen LogP contribution in [0, 0.1) is 12.8 Å². The van der Waals surface area contributed by atoms with Crippen LogP contribution in [0.4, 0.5) is 21.9 Å². The quantitative estimate of drug-likeness (QED) is 0.612. The number of carbonyl (C=O) groups excluding carboxylic acids is 2. The lowest BCUT2D eigenvalue weighted by molar-refractivity contribution is -0.120. The van der Waals surface area contributed by atoms with E-state index in [1.165, 1.54) is 0 Å². The summed E-state index contributed by atoms with van der Waals surface area (Å²) >= 11 is 0. The smallest absolute Gasteiger partial charge is 0.323 e.